The maximum atomic E-state index is 5.55. The second-order valence-electron chi connectivity index (χ2n) is 3.57. The Bertz CT molecular complexity index is 328. The Morgan fingerprint density at radius 3 is 2.53 bits per heavy atom. The van der Waals surface area contributed by atoms with E-state index in [1.807, 2.05) is 24.5 Å². The van der Waals surface area contributed by atoms with E-state index < -0.39 is 0 Å². The average Bonchev–Trinajstić information content (AvgIpc) is 2.80. The normalized spacial score (nSPS) is 16.5. The standard InChI is InChI=1S/C11H14ClN3/c12-5-3-4-10-8-13-11(14-9-10)15-6-1-2-7-15/h3-4,8-9H,1-2,5-7H2. The molecule has 1 saturated heterocycles. The summed E-state index contributed by atoms with van der Waals surface area (Å²) in [6, 6.07) is 0. The summed E-state index contributed by atoms with van der Waals surface area (Å²) in [6.07, 6.45) is 9.98. The molecule has 0 atom stereocenters. The van der Waals surface area contributed by atoms with Crippen molar-refractivity contribution in [2.45, 2.75) is 12.8 Å². The molecule has 1 fully saturated rings. The fourth-order valence-corrected chi connectivity index (χ4v) is 1.77. The number of nitrogens with zero attached hydrogens (tertiary/aromatic N) is 3. The predicted octanol–water partition coefficient (Wildman–Crippen LogP) is 2.33. The van der Waals surface area contributed by atoms with E-state index in [1.165, 1.54) is 12.8 Å². The van der Waals surface area contributed by atoms with Crippen LogP contribution in [0.2, 0.25) is 0 Å². The van der Waals surface area contributed by atoms with Crippen LogP contribution in [-0.2, 0) is 0 Å². The number of hydrogen-bond acceptors (Lipinski definition) is 3. The zero-order chi connectivity index (χ0) is 10.5. The maximum Gasteiger partial charge on any atom is 0.225 e. The third kappa shape index (κ3) is 2.69. The van der Waals surface area contributed by atoms with Crippen molar-refractivity contribution in [3.05, 3.63) is 24.0 Å². The first kappa shape index (κ1) is 10.4. The van der Waals surface area contributed by atoms with E-state index in [4.69, 9.17) is 11.6 Å². The van der Waals surface area contributed by atoms with E-state index in [-0.39, 0.29) is 0 Å². The van der Waals surface area contributed by atoms with Gasteiger partial charge in [-0.1, -0.05) is 12.2 Å². The van der Waals surface area contributed by atoms with Crippen LogP contribution >= 0.6 is 11.6 Å². The van der Waals surface area contributed by atoms with Crippen LogP contribution in [0.4, 0.5) is 5.95 Å². The van der Waals surface area contributed by atoms with Gasteiger partial charge in [-0.15, -0.1) is 11.6 Å². The highest BCUT2D eigenvalue weighted by Crippen LogP contribution is 2.14. The van der Waals surface area contributed by atoms with Crippen LogP contribution in [0.3, 0.4) is 0 Å². The van der Waals surface area contributed by atoms with E-state index in [0.29, 0.717) is 5.88 Å². The second kappa shape index (κ2) is 5.12. The molecule has 0 N–H and O–H groups in total. The van der Waals surface area contributed by atoms with Crippen molar-refractivity contribution in [1.29, 1.82) is 0 Å². The van der Waals surface area contributed by atoms with E-state index in [0.717, 1.165) is 24.6 Å². The molecule has 15 heavy (non-hydrogen) atoms. The summed E-state index contributed by atoms with van der Waals surface area (Å²) < 4.78 is 0. The summed E-state index contributed by atoms with van der Waals surface area (Å²) in [6.45, 7) is 2.16. The third-order valence-electron chi connectivity index (χ3n) is 2.45. The largest absolute Gasteiger partial charge is 0.341 e. The Hall–Kier alpha value is -1.09. The Kier molecular flexibility index (Phi) is 3.56. The van der Waals surface area contributed by atoms with Crippen molar-refractivity contribution >= 4 is 23.6 Å². The number of aromatic nitrogens is 2. The summed E-state index contributed by atoms with van der Waals surface area (Å²) in [4.78, 5) is 10.9. The number of halogens is 1. The van der Waals surface area contributed by atoms with Gasteiger partial charge in [0.15, 0.2) is 0 Å². The highest BCUT2D eigenvalue weighted by Gasteiger charge is 2.13. The van der Waals surface area contributed by atoms with Gasteiger partial charge in [0.25, 0.3) is 0 Å². The van der Waals surface area contributed by atoms with Gasteiger partial charge in [0.05, 0.1) is 0 Å². The highest BCUT2D eigenvalue weighted by molar-refractivity contribution is 6.19. The van der Waals surface area contributed by atoms with Gasteiger partial charge in [-0.25, -0.2) is 9.97 Å². The Balaban J connectivity index is 2.06. The fourth-order valence-electron chi connectivity index (χ4n) is 1.68. The quantitative estimate of drug-likeness (QED) is 0.737. The lowest BCUT2D eigenvalue weighted by molar-refractivity contribution is 0.897. The van der Waals surface area contributed by atoms with E-state index in [1.54, 1.807) is 0 Å². The molecule has 0 radical (unpaired) electrons. The molecule has 4 heteroatoms. The Morgan fingerprint density at radius 2 is 1.93 bits per heavy atom. The number of anilines is 1. The molecule has 0 spiro atoms. The molecule has 2 rings (SSSR count). The molecule has 1 aliphatic rings. The van der Waals surface area contributed by atoms with Crippen LogP contribution in [0.25, 0.3) is 6.08 Å². The van der Waals surface area contributed by atoms with E-state index >= 15 is 0 Å². The zero-order valence-electron chi connectivity index (χ0n) is 8.56. The Labute approximate surface area is 94.8 Å². The molecule has 0 aromatic carbocycles. The minimum Gasteiger partial charge on any atom is -0.341 e. The summed E-state index contributed by atoms with van der Waals surface area (Å²) in [5, 5.41) is 0. The topological polar surface area (TPSA) is 29.0 Å². The van der Waals surface area contributed by atoms with Gasteiger partial charge in [-0.05, 0) is 12.8 Å². The monoisotopic (exact) mass is 223 g/mol. The van der Waals surface area contributed by atoms with Crippen molar-refractivity contribution in [2.24, 2.45) is 0 Å². The Morgan fingerprint density at radius 1 is 1.27 bits per heavy atom. The first-order valence-electron chi connectivity index (χ1n) is 5.19. The second-order valence-corrected chi connectivity index (χ2v) is 3.88. The van der Waals surface area contributed by atoms with E-state index in [2.05, 4.69) is 14.9 Å². The van der Waals surface area contributed by atoms with Crippen LogP contribution in [-0.4, -0.2) is 28.9 Å². The summed E-state index contributed by atoms with van der Waals surface area (Å²) in [5.41, 5.74) is 0.999. The molecule has 1 aromatic heterocycles. The fraction of sp³-hybridized carbons (Fsp3) is 0.455. The van der Waals surface area contributed by atoms with Crippen molar-refractivity contribution in [3.63, 3.8) is 0 Å². The molecule has 0 saturated carbocycles. The van der Waals surface area contributed by atoms with Crippen LogP contribution in [0, 0.1) is 0 Å². The zero-order valence-corrected chi connectivity index (χ0v) is 9.32. The van der Waals surface area contributed by atoms with Crippen LogP contribution in [0.15, 0.2) is 18.5 Å². The number of allylic oxidation sites excluding steroid dienone is 1. The lowest BCUT2D eigenvalue weighted by atomic mass is 10.3. The van der Waals surface area contributed by atoms with E-state index in [9.17, 15) is 0 Å². The first-order valence-corrected chi connectivity index (χ1v) is 5.73. The molecular weight excluding hydrogens is 210 g/mol. The molecule has 0 amide bonds. The van der Waals surface area contributed by atoms with Gasteiger partial charge in [-0.2, -0.15) is 0 Å². The molecule has 3 nitrogen and oxygen atoms in total. The smallest absolute Gasteiger partial charge is 0.225 e. The minimum absolute atomic E-state index is 0.522. The van der Waals surface area contributed by atoms with Crippen molar-refractivity contribution in [1.82, 2.24) is 9.97 Å². The van der Waals surface area contributed by atoms with Gasteiger partial charge in [0, 0.05) is 36.9 Å². The van der Waals surface area contributed by atoms with Crippen LogP contribution in [0.1, 0.15) is 18.4 Å². The molecule has 0 unspecified atom stereocenters. The van der Waals surface area contributed by atoms with Gasteiger partial charge < -0.3 is 4.90 Å². The molecule has 1 aliphatic heterocycles. The summed E-state index contributed by atoms with van der Waals surface area (Å²) >= 11 is 5.55. The van der Waals surface area contributed by atoms with Crippen molar-refractivity contribution < 1.29 is 0 Å². The highest BCUT2D eigenvalue weighted by atomic mass is 35.5. The molecule has 80 valence electrons. The first-order chi connectivity index (χ1) is 7.40. The van der Waals surface area contributed by atoms with Crippen molar-refractivity contribution in [2.75, 3.05) is 23.9 Å². The maximum absolute atomic E-state index is 5.55. The van der Waals surface area contributed by atoms with Crippen molar-refractivity contribution in [3.8, 4) is 0 Å². The average molecular weight is 224 g/mol. The SMILES string of the molecule is ClCC=Cc1cnc(N2CCCC2)nc1. The summed E-state index contributed by atoms with van der Waals surface area (Å²) in [7, 11) is 0. The van der Waals surface area contributed by atoms with Gasteiger partial charge in [0.1, 0.15) is 0 Å². The van der Waals surface area contributed by atoms with Crippen LogP contribution < -0.4 is 4.90 Å². The molecule has 0 bridgehead atoms. The lowest BCUT2D eigenvalue weighted by Crippen LogP contribution is -2.20. The number of hydrogen-bond donors (Lipinski definition) is 0. The molecular formula is C11H14ClN3. The molecule has 2 heterocycles. The summed E-state index contributed by atoms with van der Waals surface area (Å²) in [5.74, 6) is 1.36. The predicted molar refractivity (Wildman–Crippen MR) is 63.2 cm³/mol. The lowest BCUT2D eigenvalue weighted by Gasteiger charge is -2.14. The van der Waals surface area contributed by atoms with Gasteiger partial charge in [-0.3, -0.25) is 0 Å². The van der Waals surface area contributed by atoms with Gasteiger partial charge >= 0.3 is 0 Å². The molecule has 0 aliphatic carbocycles. The number of alkyl halides is 1. The third-order valence-corrected chi connectivity index (χ3v) is 2.62. The minimum atomic E-state index is 0.522. The number of rotatable bonds is 3. The van der Waals surface area contributed by atoms with Gasteiger partial charge in [0.2, 0.25) is 5.95 Å². The molecule has 1 aromatic rings. The van der Waals surface area contributed by atoms with Crippen LogP contribution in [0.5, 0.6) is 0 Å².